The summed E-state index contributed by atoms with van der Waals surface area (Å²) in [7, 11) is 0. The summed E-state index contributed by atoms with van der Waals surface area (Å²) in [5, 5.41) is 0. The maximum absolute atomic E-state index is 5.92. The first-order valence-corrected chi connectivity index (χ1v) is 6.68. The molecule has 1 fully saturated rings. The number of pyridine rings is 1. The molecule has 0 radical (unpaired) electrons. The first-order valence-electron chi connectivity index (χ1n) is 6.68. The summed E-state index contributed by atoms with van der Waals surface area (Å²) >= 11 is 0. The minimum Gasteiger partial charge on any atom is -0.355 e. The molecule has 100 valence electrons. The molecule has 5 heteroatoms. The van der Waals surface area contributed by atoms with Gasteiger partial charge < -0.3 is 15.5 Å². The smallest absolute Gasteiger partial charge is 0.127 e. The highest BCUT2D eigenvalue weighted by Crippen LogP contribution is 2.12. The summed E-state index contributed by atoms with van der Waals surface area (Å²) in [6.45, 7) is 3.43. The molecule has 1 aromatic heterocycles. The Morgan fingerprint density at radius 1 is 1.37 bits per heavy atom. The Kier molecular flexibility index (Phi) is 3.46. The van der Waals surface area contributed by atoms with Crippen LogP contribution in [0.2, 0.25) is 0 Å². The predicted molar refractivity (Wildman–Crippen MR) is 75.4 cm³/mol. The van der Waals surface area contributed by atoms with Crippen molar-refractivity contribution in [1.82, 2.24) is 14.8 Å². The molecule has 0 amide bonds. The Balaban J connectivity index is 1.57. The van der Waals surface area contributed by atoms with Gasteiger partial charge >= 0.3 is 0 Å². The van der Waals surface area contributed by atoms with Gasteiger partial charge in [0.2, 0.25) is 0 Å². The molecule has 0 spiro atoms. The lowest BCUT2D eigenvalue weighted by Crippen LogP contribution is -2.34. The minimum atomic E-state index is 0.294. The second kappa shape index (κ2) is 5.40. The summed E-state index contributed by atoms with van der Waals surface area (Å²) in [4.78, 5) is 13.4. The van der Waals surface area contributed by atoms with Crippen molar-refractivity contribution in [2.24, 2.45) is 10.7 Å². The maximum Gasteiger partial charge on any atom is 0.127 e. The zero-order valence-corrected chi connectivity index (χ0v) is 10.9. The first kappa shape index (κ1) is 12.2. The van der Waals surface area contributed by atoms with Gasteiger partial charge in [0, 0.05) is 31.5 Å². The van der Waals surface area contributed by atoms with E-state index in [1.807, 2.05) is 24.4 Å². The van der Waals surface area contributed by atoms with Gasteiger partial charge in [-0.3, -0.25) is 4.98 Å². The van der Waals surface area contributed by atoms with E-state index < -0.39 is 0 Å². The Labute approximate surface area is 113 Å². The van der Waals surface area contributed by atoms with Crippen LogP contribution in [-0.4, -0.2) is 46.4 Å². The SMILES string of the molecule is N[C@H]1CCN(C2=NCN(Cc3ccccn3)C=C2)C1. The van der Waals surface area contributed by atoms with Gasteiger partial charge in [0.25, 0.3) is 0 Å². The number of amidine groups is 1. The predicted octanol–water partition coefficient (Wildman–Crippen LogP) is 0.800. The topological polar surface area (TPSA) is 57.8 Å². The van der Waals surface area contributed by atoms with Crippen LogP contribution in [0.5, 0.6) is 0 Å². The van der Waals surface area contributed by atoms with Crippen LogP contribution < -0.4 is 5.73 Å². The standard InChI is InChI=1S/C14H19N5/c15-12-4-8-19(9-12)14-5-7-18(11-17-14)10-13-3-1-2-6-16-13/h1-3,5-7,12H,4,8-11,15H2/t12-/m0/s1. The first-order chi connectivity index (χ1) is 9.31. The van der Waals surface area contributed by atoms with Crippen LogP contribution in [0.1, 0.15) is 12.1 Å². The highest BCUT2D eigenvalue weighted by molar-refractivity contribution is 5.93. The fraction of sp³-hybridized carbons (Fsp3) is 0.429. The second-order valence-electron chi connectivity index (χ2n) is 5.04. The van der Waals surface area contributed by atoms with Crippen molar-refractivity contribution in [2.75, 3.05) is 19.8 Å². The van der Waals surface area contributed by atoms with E-state index in [1.165, 1.54) is 0 Å². The third-order valence-electron chi connectivity index (χ3n) is 3.49. The molecule has 1 aromatic rings. The summed E-state index contributed by atoms with van der Waals surface area (Å²) < 4.78 is 0. The summed E-state index contributed by atoms with van der Waals surface area (Å²) in [5.41, 5.74) is 6.99. The molecule has 2 aliphatic heterocycles. The Hall–Kier alpha value is -1.88. The summed E-state index contributed by atoms with van der Waals surface area (Å²) in [5.74, 6) is 1.06. The molecule has 2 N–H and O–H groups in total. The molecule has 3 heterocycles. The van der Waals surface area contributed by atoms with Crippen LogP contribution in [0, 0.1) is 0 Å². The van der Waals surface area contributed by atoms with Gasteiger partial charge in [-0.05, 0) is 24.6 Å². The van der Waals surface area contributed by atoms with Gasteiger partial charge in [0.15, 0.2) is 0 Å². The molecule has 0 aromatic carbocycles. The fourth-order valence-corrected chi connectivity index (χ4v) is 2.44. The lowest BCUT2D eigenvalue weighted by molar-refractivity contribution is 0.366. The lowest BCUT2D eigenvalue weighted by atomic mass is 10.3. The number of aromatic nitrogens is 1. The van der Waals surface area contributed by atoms with Gasteiger partial charge in [0.1, 0.15) is 12.5 Å². The van der Waals surface area contributed by atoms with Crippen molar-refractivity contribution < 1.29 is 0 Å². The van der Waals surface area contributed by atoms with Crippen LogP contribution >= 0.6 is 0 Å². The third kappa shape index (κ3) is 2.93. The van der Waals surface area contributed by atoms with Gasteiger partial charge in [-0.25, -0.2) is 4.99 Å². The number of rotatable bonds is 2. The van der Waals surface area contributed by atoms with Crippen LogP contribution in [0.3, 0.4) is 0 Å². The maximum atomic E-state index is 5.92. The van der Waals surface area contributed by atoms with E-state index in [2.05, 4.69) is 32.1 Å². The van der Waals surface area contributed by atoms with Gasteiger partial charge in [-0.15, -0.1) is 0 Å². The van der Waals surface area contributed by atoms with Crippen LogP contribution in [0.15, 0.2) is 41.7 Å². The van der Waals surface area contributed by atoms with Crippen molar-refractivity contribution in [2.45, 2.75) is 19.0 Å². The average molecular weight is 257 g/mol. The molecular formula is C14H19N5. The highest BCUT2D eigenvalue weighted by atomic mass is 15.3. The molecule has 2 aliphatic rings. The second-order valence-corrected chi connectivity index (χ2v) is 5.04. The molecule has 1 saturated heterocycles. The number of nitrogens with two attached hydrogens (primary N) is 1. The fourth-order valence-electron chi connectivity index (χ4n) is 2.44. The van der Waals surface area contributed by atoms with E-state index in [1.54, 1.807) is 0 Å². The van der Waals surface area contributed by atoms with E-state index >= 15 is 0 Å². The van der Waals surface area contributed by atoms with E-state index in [4.69, 9.17) is 5.73 Å². The number of likely N-dealkylation sites (tertiary alicyclic amines) is 1. The number of aliphatic imine (C=N–C) groups is 1. The molecule has 0 aliphatic carbocycles. The molecule has 5 nitrogen and oxygen atoms in total. The van der Waals surface area contributed by atoms with E-state index in [0.29, 0.717) is 12.7 Å². The van der Waals surface area contributed by atoms with E-state index in [0.717, 1.165) is 37.6 Å². The Morgan fingerprint density at radius 3 is 2.95 bits per heavy atom. The molecule has 0 saturated carbocycles. The van der Waals surface area contributed by atoms with Crippen molar-refractivity contribution >= 4 is 5.84 Å². The summed E-state index contributed by atoms with van der Waals surface area (Å²) in [6.07, 6.45) is 7.05. The zero-order chi connectivity index (χ0) is 13.1. The summed E-state index contributed by atoms with van der Waals surface area (Å²) in [6, 6.07) is 6.27. The third-order valence-corrected chi connectivity index (χ3v) is 3.49. The largest absolute Gasteiger partial charge is 0.355 e. The molecule has 0 unspecified atom stereocenters. The Morgan fingerprint density at radius 2 is 2.32 bits per heavy atom. The number of hydrogen-bond acceptors (Lipinski definition) is 5. The molecule has 0 bridgehead atoms. The van der Waals surface area contributed by atoms with Crippen molar-refractivity contribution in [3.05, 3.63) is 42.4 Å². The van der Waals surface area contributed by atoms with Gasteiger partial charge in [0.05, 0.1) is 12.2 Å². The minimum absolute atomic E-state index is 0.294. The van der Waals surface area contributed by atoms with Gasteiger partial charge in [-0.1, -0.05) is 6.07 Å². The van der Waals surface area contributed by atoms with E-state index in [-0.39, 0.29) is 0 Å². The van der Waals surface area contributed by atoms with E-state index in [9.17, 15) is 0 Å². The highest BCUT2D eigenvalue weighted by Gasteiger charge is 2.22. The van der Waals surface area contributed by atoms with Crippen LogP contribution in [0.4, 0.5) is 0 Å². The van der Waals surface area contributed by atoms with Gasteiger partial charge in [-0.2, -0.15) is 0 Å². The zero-order valence-electron chi connectivity index (χ0n) is 10.9. The van der Waals surface area contributed by atoms with Crippen LogP contribution in [-0.2, 0) is 6.54 Å². The molecule has 1 atom stereocenters. The average Bonchev–Trinajstić information content (AvgIpc) is 2.87. The van der Waals surface area contributed by atoms with Crippen molar-refractivity contribution in [3.8, 4) is 0 Å². The van der Waals surface area contributed by atoms with Crippen LogP contribution in [0.25, 0.3) is 0 Å². The lowest BCUT2D eigenvalue weighted by Gasteiger charge is -2.25. The molecule has 19 heavy (non-hydrogen) atoms. The number of hydrogen-bond donors (Lipinski definition) is 1. The molecular weight excluding hydrogens is 238 g/mol. The van der Waals surface area contributed by atoms with Crippen molar-refractivity contribution in [1.29, 1.82) is 0 Å². The quantitative estimate of drug-likeness (QED) is 0.851. The normalized spacial score (nSPS) is 22.8. The monoisotopic (exact) mass is 257 g/mol. The molecule has 3 rings (SSSR count). The number of nitrogens with zero attached hydrogens (tertiary/aromatic N) is 4. The van der Waals surface area contributed by atoms with Crippen molar-refractivity contribution in [3.63, 3.8) is 0 Å². The Bertz CT molecular complexity index is 482.